The Morgan fingerprint density at radius 3 is 0.444 bits per heavy atom. The van der Waals surface area contributed by atoms with Gasteiger partial charge in [0.1, 0.15) is 0 Å². The minimum Gasteiger partial charge on any atom is 3.00 e. The molecule has 0 aromatic carbocycles. The van der Waals surface area contributed by atoms with E-state index in [4.69, 9.17) is 42.9 Å². The van der Waals surface area contributed by atoms with Gasteiger partial charge in [0, 0.05) is 0 Å². The van der Waals surface area contributed by atoms with Crippen LogP contribution in [0.5, 0.6) is 0 Å². The third-order valence-electron chi connectivity index (χ3n) is 0. The Balaban J connectivity index is -0.0000000277. The number of rotatable bonds is 0. The quantitative estimate of drug-likeness (QED) is 0.165. The van der Waals surface area contributed by atoms with E-state index in [1.54, 1.807) is 0 Å². The Morgan fingerprint density at radius 1 is 0.444 bits per heavy atom. The molecule has 0 aliphatic rings. The van der Waals surface area contributed by atoms with Gasteiger partial charge in [-0.25, -0.2) is 0 Å². The first-order valence-electron chi connectivity index (χ1n) is 2.00. The molecule has 0 rings (SSSR count). The third-order valence-corrected chi connectivity index (χ3v) is 0. The summed E-state index contributed by atoms with van der Waals surface area (Å²) in [5, 5.41) is 0. The predicted octanol–water partition coefficient (Wildman–Crippen LogP) is -8.56. The topological polar surface area (TPSA) is 241 Å². The Labute approximate surface area is 149 Å². The molecule has 0 saturated heterocycles. The maximum atomic E-state index is 8.63. The molecular formula is H3Mo3O12PSb2. The van der Waals surface area contributed by atoms with Crippen molar-refractivity contribution in [3.05, 3.63) is 0 Å². The molecule has 0 aromatic heterocycles. The molecule has 108 valence electrons. The van der Waals surface area contributed by atoms with E-state index in [9.17, 15) is 0 Å². The van der Waals surface area contributed by atoms with Crippen molar-refractivity contribution < 1.29 is 93.2 Å². The molecule has 0 spiro atoms. The second-order valence-electron chi connectivity index (χ2n) is 1.22. The van der Waals surface area contributed by atoms with Crippen LogP contribution in [0.4, 0.5) is 0 Å². The van der Waals surface area contributed by atoms with E-state index < -0.39 is 50.2 Å². The van der Waals surface area contributed by atoms with Crippen LogP contribution in [0.15, 0.2) is 0 Å². The van der Waals surface area contributed by atoms with Crippen molar-refractivity contribution >= 4 is 58.8 Å². The molecule has 4 radical (unpaired) electrons. The SMILES string of the molecule is P.[O]=[Mo](=[O])([O-])[O-].[O]=[Mo](=[O])([O-])[O-].[O]=[Mo](=[O])([O-])[O-].[Sb+3].[Sb+3]. The second kappa shape index (κ2) is 16.1. The predicted molar refractivity (Wildman–Crippen MR) is 26.7 cm³/mol. The molecule has 1 atom stereocenters. The maximum Gasteiger partial charge on any atom is 3.00 e. The zero-order valence-electron chi connectivity index (χ0n) is 7.73. The van der Waals surface area contributed by atoms with Gasteiger partial charge in [0.15, 0.2) is 0 Å². The first-order chi connectivity index (χ1) is 6.00. The minimum atomic E-state index is -6.02. The summed E-state index contributed by atoms with van der Waals surface area (Å²) in [5.74, 6) is 0. The van der Waals surface area contributed by atoms with Crippen molar-refractivity contribution in [1.82, 2.24) is 0 Å². The van der Waals surface area contributed by atoms with E-state index >= 15 is 0 Å². The maximum absolute atomic E-state index is 8.63. The molecule has 1 unspecified atom stereocenters. The molecule has 18 heteroatoms. The van der Waals surface area contributed by atoms with Crippen molar-refractivity contribution in [2.75, 3.05) is 0 Å². The van der Waals surface area contributed by atoms with Gasteiger partial charge in [-0.15, -0.1) is 0 Å². The summed E-state index contributed by atoms with van der Waals surface area (Å²) < 4.78 is 104. The summed E-state index contributed by atoms with van der Waals surface area (Å²) in [6.45, 7) is 0. The zero-order chi connectivity index (χ0) is 13.5. The molecule has 0 amide bonds. The first kappa shape index (κ1) is 37.2. The van der Waals surface area contributed by atoms with Gasteiger partial charge in [0.05, 0.1) is 0 Å². The van der Waals surface area contributed by atoms with Crippen LogP contribution in [0.2, 0.25) is 0 Å². The van der Waals surface area contributed by atoms with Gasteiger partial charge in [-0.05, 0) is 0 Å². The average Bonchev–Trinajstić information content (AvgIpc) is 1.41. The summed E-state index contributed by atoms with van der Waals surface area (Å²) in [6, 6.07) is 0. The van der Waals surface area contributed by atoms with E-state index in [-0.39, 0.29) is 58.8 Å². The van der Waals surface area contributed by atoms with E-state index in [1.807, 2.05) is 0 Å². The monoisotopic (exact) mass is 761 g/mol. The van der Waals surface area contributed by atoms with Crippen molar-refractivity contribution in [2.24, 2.45) is 0 Å². The van der Waals surface area contributed by atoms with Gasteiger partial charge in [-0.2, -0.15) is 9.90 Å². The van der Waals surface area contributed by atoms with Crippen LogP contribution >= 0.6 is 9.90 Å². The van der Waals surface area contributed by atoms with Crippen molar-refractivity contribution in [2.45, 2.75) is 0 Å². The average molecular weight is 757 g/mol. The first-order valence-corrected chi connectivity index (χ1v) is 11.8. The van der Waals surface area contributed by atoms with Crippen molar-refractivity contribution in [3.63, 3.8) is 0 Å². The minimum absolute atomic E-state index is 0. The van der Waals surface area contributed by atoms with Gasteiger partial charge in [0.25, 0.3) is 0 Å². The molecule has 0 N–H and O–H groups in total. The van der Waals surface area contributed by atoms with Crippen LogP contribution in [0.3, 0.4) is 0 Å². The zero-order valence-corrected chi connectivity index (χ0v) is 20.3. The fourth-order valence-electron chi connectivity index (χ4n) is 0. The molecule has 12 nitrogen and oxygen atoms in total. The molecule has 0 bridgehead atoms. The van der Waals surface area contributed by atoms with E-state index in [0.717, 1.165) is 0 Å². The largest absolute Gasteiger partial charge is 3.00 e. The molecule has 0 saturated carbocycles. The van der Waals surface area contributed by atoms with E-state index in [2.05, 4.69) is 0 Å². The Bertz CT molecular complexity index is 346. The summed E-state index contributed by atoms with van der Waals surface area (Å²) >= 11 is -18.1. The molecule has 0 heterocycles. The van der Waals surface area contributed by atoms with Crippen LogP contribution in [0.25, 0.3) is 0 Å². The van der Waals surface area contributed by atoms with Crippen LogP contribution in [-0.4, -0.2) is 48.9 Å². The second-order valence-corrected chi connectivity index (χ2v) is 7.25. The summed E-state index contributed by atoms with van der Waals surface area (Å²) in [4.78, 5) is 0. The van der Waals surface area contributed by atoms with Gasteiger partial charge >= 0.3 is 142 Å². The van der Waals surface area contributed by atoms with E-state index in [0.29, 0.717) is 0 Å². The van der Waals surface area contributed by atoms with Crippen LogP contribution < -0.4 is 22.6 Å². The van der Waals surface area contributed by atoms with Gasteiger partial charge < -0.3 is 0 Å². The molecule has 0 aliphatic heterocycles. The van der Waals surface area contributed by atoms with E-state index in [1.165, 1.54) is 0 Å². The van der Waals surface area contributed by atoms with Crippen LogP contribution in [-0.2, 0) is 70.6 Å². The molecule has 0 aliphatic carbocycles. The Kier molecular flexibility index (Phi) is 33.2. The smallest absolute Gasteiger partial charge is 3.00 e. The summed E-state index contributed by atoms with van der Waals surface area (Å²) in [6.07, 6.45) is 0. The van der Waals surface area contributed by atoms with Crippen molar-refractivity contribution in [1.29, 1.82) is 0 Å². The molecule has 18 heavy (non-hydrogen) atoms. The van der Waals surface area contributed by atoms with Crippen molar-refractivity contribution in [3.8, 4) is 0 Å². The van der Waals surface area contributed by atoms with Crippen LogP contribution in [0, 0.1) is 0 Å². The standard InChI is InChI=1S/3Mo.12O.H3P.2Sb/h;;;;;;;;;;;;;;;1H3;;/q;;;;;;;;;6*-1;;2*+3. The molecule has 0 fully saturated rings. The Hall–Kier alpha value is 2.69. The fraction of sp³-hybridized carbons (Fsp3) is 0. The number of hydrogen-bond acceptors (Lipinski definition) is 12. The third kappa shape index (κ3) is 808. The Morgan fingerprint density at radius 2 is 0.444 bits per heavy atom. The van der Waals surface area contributed by atoms with Gasteiger partial charge in [0.2, 0.25) is 0 Å². The van der Waals surface area contributed by atoms with Crippen LogP contribution in [0.1, 0.15) is 0 Å². The fourth-order valence-corrected chi connectivity index (χ4v) is 0. The summed E-state index contributed by atoms with van der Waals surface area (Å²) in [5.41, 5.74) is 0. The van der Waals surface area contributed by atoms with Gasteiger partial charge in [-0.1, -0.05) is 0 Å². The molecular weight excluding hydrogens is 754 g/mol. The van der Waals surface area contributed by atoms with Gasteiger partial charge in [-0.3, -0.25) is 0 Å². The summed E-state index contributed by atoms with van der Waals surface area (Å²) in [7, 11) is 0. The number of hydrogen-bond donors (Lipinski definition) is 0. The molecule has 0 aromatic rings. The normalized spacial score (nSPS) is 9.67.